The van der Waals surface area contributed by atoms with Gasteiger partial charge in [0.2, 0.25) is 0 Å². The molecular formula is C15H22N2O2. The lowest BCUT2D eigenvalue weighted by Gasteiger charge is -2.14. The van der Waals surface area contributed by atoms with Crippen LogP contribution in [0.25, 0.3) is 11.0 Å². The predicted octanol–water partition coefficient (Wildman–Crippen LogP) is 2.41. The summed E-state index contributed by atoms with van der Waals surface area (Å²) in [7, 11) is 3.54. The highest BCUT2D eigenvalue weighted by atomic mass is 16.3. The van der Waals surface area contributed by atoms with Crippen molar-refractivity contribution in [3.8, 4) is 0 Å². The van der Waals surface area contributed by atoms with Gasteiger partial charge >= 0.3 is 5.69 Å². The number of benzene rings is 1. The lowest BCUT2D eigenvalue weighted by molar-refractivity contribution is 0.163. The number of aliphatic hydroxyl groups excluding tert-OH is 1. The first-order valence-corrected chi connectivity index (χ1v) is 6.81. The number of aliphatic hydroxyl groups is 1. The summed E-state index contributed by atoms with van der Waals surface area (Å²) in [6.45, 7) is 4.10. The van der Waals surface area contributed by atoms with Crippen LogP contribution in [0.5, 0.6) is 0 Å². The van der Waals surface area contributed by atoms with Gasteiger partial charge in [-0.15, -0.1) is 0 Å². The van der Waals surface area contributed by atoms with Gasteiger partial charge in [-0.25, -0.2) is 4.79 Å². The molecule has 4 nitrogen and oxygen atoms in total. The van der Waals surface area contributed by atoms with Crippen molar-refractivity contribution in [3.05, 3.63) is 33.7 Å². The average molecular weight is 262 g/mol. The Kier molecular flexibility index (Phi) is 3.80. The Bertz CT molecular complexity index is 652. The number of hydrogen-bond donors (Lipinski definition) is 1. The standard InChI is InChI=1S/C15H22N2O2/c1-5-6-7-14(18)11-9-13-12(8-10(11)2)16(3)15(19)17(13)4/h8-9,14,18H,5-7H2,1-4H3. The number of unbranched alkanes of at least 4 members (excludes halogenated alkanes) is 1. The third-order valence-corrected chi connectivity index (χ3v) is 3.85. The third-order valence-electron chi connectivity index (χ3n) is 3.85. The normalized spacial score (nSPS) is 13.1. The molecule has 19 heavy (non-hydrogen) atoms. The van der Waals surface area contributed by atoms with E-state index in [9.17, 15) is 9.90 Å². The maximum Gasteiger partial charge on any atom is 0.328 e. The zero-order chi connectivity index (χ0) is 14.2. The summed E-state index contributed by atoms with van der Waals surface area (Å²) in [5, 5.41) is 10.3. The van der Waals surface area contributed by atoms with Crippen molar-refractivity contribution in [2.45, 2.75) is 39.2 Å². The molecule has 0 fully saturated rings. The molecule has 0 aliphatic rings. The molecule has 0 aliphatic heterocycles. The van der Waals surface area contributed by atoms with E-state index >= 15 is 0 Å². The molecular weight excluding hydrogens is 240 g/mol. The number of hydrogen-bond acceptors (Lipinski definition) is 2. The number of nitrogens with zero attached hydrogens (tertiary/aromatic N) is 2. The molecule has 1 heterocycles. The van der Waals surface area contributed by atoms with Crippen molar-refractivity contribution in [2.75, 3.05) is 0 Å². The summed E-state index contributed by atoms with van der Waals surface area (Å²) >= 11 is 0. The molecule has 0 spiro atoms. The second-order valence-corrected chi connectivity index (χ2v) is 5.26. The lowest BCUT2D eigenvalue weighted by atomic mass is 9.98. The van der Waals surface area contributed by atoms with E-state index in [0.717, 1.165) is 41.4 Å². The van der Waals surface area contributed by atoms with E-state index < -0.39 is 6.10 Å². The van der Waals surface area contributed by atoms with Crippen molar-refractivity contribution in [2.24, 2.45) is 14.1 Å². The smallest absolute Gasteiger partial charge is 0.328 e. The monoisotopic (exact) mass is 262 g/mol. The molecule has 2 rings (SSSR count). The van der Waals surface area contributed by atoms with E-state index in [1.807, 2.05) is 19.1 Å². The SMILES string of the molecule is CCCCC(O)c1cc2c(cc1C)n(C)c(=O)n2C. The highest BCUT2D eigenvalue weighted by Gasteiger charge is 2.15. The van der Waals surface area contributed by atoms with Crippen molar-refractivity contribution in [1.82, 2.24) is 9.13 Å². The fraction of sp³-hybridized carbons (Fsp3) is 0.533. The Morgan fingerprint density at radius 1 is 1.21 bits per heavy atom. The van der Waals surface area contributed by atoms with E-state index in [0.29, 0.717) is 0 Å². The second kappa shape index (κ2) is 5.21. The van der Waals surface area contributed by atoms with Crippen LogP contribution in [0.4, 0.5) is 0 Å². The van der Waals surface area contributed by atoms with Gasteiger partial charge in [0.25, 0.3) is 0 Å². The van der Waals surface area contributed by atoms with Gasteiger partial charge in [0.15, 0.2) is 0 Å². The Balaban J connectivity index is 2.55. The van der Waals surface area contributed by atoms with Gasteiger partial charge in [-0.2, -0.15) is 0 Å². The highest BCUT2D eigenvalue weighted by molar-refractivity contribution is 5.78. The van der Waals surface area contributed by atoms with Crippen LogP contribution in [0.3, 0.4) is 0 Å². The van der Waals surface area contributed by atoms with Crippen LogP contribution >= 0.6 is 0 Å². The minimum atomic E-state index is -0.445. The van der Waals surface area contributed by atoms with Crippen LogP contribution in [-0.4, -0.2) is 14.2 Å². The van der Waals surface area contributed by atoms with Crippen molar-refractivity contribution in [1.29, 1.82) is 0 Å². The van der Waals surface area contributed by atoms with Crippen LogP contribution in [-0.2, 0) is 14.1 Å². The molecule has 0 saturated carbocycles. The molecule has 0 amide bonds. The fourth-order valence-corrected chi connectivity index (χ4v) is 2.58. The quantitative estimate of drug-likeness (QED) is 0.919. The zero-order valence-electron chi connectivity index (χ0n) is 12.1. The first kappa shape index (κ1) is 13.9. The molecule has 4 heteroatoms. The Morgan fingerprint density at radius 2 is 1.79 bits per heavy atom. The number of fused-ring (bicyclic) bond motifs is 1. The molecule has 0 bridgehead atoms. The minimum Gasteiger partial charge on any atom is -0.388 e. The lowest BCUT2D eigenvalue weighted by Crippen LogP contribution is -2.19. The molecule has 1 unspecified atom stereocenters. The van der Waals surface area contributed by atoms with Gasteiger partial charge in [-0.05, 0) is 36.6 Å². The first-order valence-electron chi connectivity index (χ1n) is 6.81. The maximum absolute atomic E-state index is 11.9. The molecule has 1 aromatic heterocycles. The van der Waals surface area contributed by atoms with E-state index in [1.165, 1.54) is 0 Å². The van der Waals surface area contributed by atoms with Crippen LogP contribution in [0, 0.1) is 6.92 Å². The molecule has 1 aromatic carbocycles. The van der Waals surface area contributed by atoms with Gasteiger partial charge in [0, 0.05) is 14.1 Å². The van der Waals surface area contributed by atoms with Gasteiger partial charge in [0.1, 0.15) is 0 Å². The first-order chi connectivity index (χ1) is 8.97. The molecule has 1 atom stereocenters. The molecule has 0 radical (unpaired) electrons. The van der Waals surface area contributed by atoms with E-state index in [4.69, 9.17) is 0 Å². The number of imidazole rings is 1. The number of rotatable bonds is 4. The van der Waals surface area contributed by atoms with Crippen LogP contribution in [0.15, 0.2) is 16.9 Å². The largest absolute Gasteiger partial charge is 0.388 e. The zero-order valence-corrected chi connectivity index (χ0v) is 12.1. The fourth-order valence-electron chi connectivity index (χ4n) is 2.58. The molecule has 2 aromatic rings. The van der Waals surface area contributed by atoms with Crippen LogP contribution in [0.1, 0.15) is 43.4 Å². The van der Waals surface area contributed by atoms with E-state index in [-0.39, 0.29) is 5.69 Å². The number of aromatic nitrogens is 2. The summed E-state index contributed by atoms with van der Waals surface area (Å²) in [6, 6.07) is 3.94. The van der Waals surface area contributed by atoms with Crippen molar-refractivity contribution in [3.63, 3.8) is 0 Å². The van der Waals surface area contributed by atoms with Gasteiger partial charge < -0.3 is 5.11 Å². The Hall–Kier alpha value is -1.55. The van der Waals surface area contributed by atoms with Crippen molar-refractivity contribution < 1.29 is 5.11 Å². The molecule has 104 valence electrons. The summed E-state index contributed by atoms with van der Waals surface area (Å²) in [5.74, 6) is 0. The van der Waals surface area contributed by atoms with E-state index in [2.05, 4.69) is 6.92 Å². The van der Waals surface area contributed by atoms with Gasteiger partial charge in [-0.3, -0.25) is 9.13 Å². The van der Waals surface area contributed by atoms with Gasteiger partial charge in [0.05, 0.1) is 17.1 Å². The van der Waals surface area contributed by atoms with Gasteiger partial charge in [-0.1, -0.05) is 19.8 Å². The molecule has 1 N–H and O–H groups in total. The Labute approximate surface area is 113 Å². The summed E-state index contributed by atoms with van der Waals surface area (Å²) in [6.07, 6.45) is 2.40. The highest BCUT2D eigenvalue weighted by Crippen LogP contribution is 2.26. The Morgan fingerprint density at radius 3 is 2.37 bits per heavy atom. The predicted molar refractivity (Wildman–Crippen MR) is 77.4 cm³/mol. The summed E-state index contributed by atoms with van der Waals surface area (Å²) in [4.78, 5) is 11.9. The van der Waals surface area contributed by atoms with E-state index in [1.54, 1.807) is 23.2 Å². The topological polar surface area (TPSA) is 47.2 Å². The average Bonchev–Trinajstić information content (AvgIpc) is 2.60. The summed E-state index contributed by atoms with van der Waals surface area (Å²) in [5.41, 5.74) is 3.73. The molecule has 0 aliphatic carbocycles. The van der Waals surface area contributed by atoms with Crippen LogP contribution < -0.4 is 5.69 Å². The number of aryl methyl sites for hydroxylation is 3. The maximum atomic E-state index is 11.9. The summed E-state index contributed by atoms with van der Waals surface area (Å²) < 4.78 is 3.27. The molecule has 0 saturated heterocycles. The van der Waals surface area contributed by atoms with Crippen LogP contribution in [0.2, 0.25) is 0 Å². The second-order valence-electron chi connectivity index (χ2n) is 5.26. The minimum absolute atomic E-state index is 0.0328. The van der Waals surface area contributed by atoms with Crippen molar-refractivity contribution >= 4 is 11.0 Å². The third kappa shape index (κ3) is 2.32.